The van der Waals surface area contributed by atoms with Crippen molar-refractivity contribution in [1.82, 2.24) is 20.2 Å². The molecule has 1 fully saturated rings. The van der Waals surface area contributed by atoms with E-state index in [0.717, 1.165) is 11.6 Å². The number of anilines is 2. The first-order valence-electron chi connectivity index (χ1n) is 14.8. The zero-order chi connectivity index (χ0) is 33.5. The van der Waals surface area contributed by atoms with Crippen LogP contribution in [0.4, 0.5) is 25.0 Å². The van der Waals surface area contributed by atoms with Gasteiger partial charge >= 0.3 is 12.0 Å². The number of urea groups is 1. The van der Waals surface area contributed by atoms with Crippen LogP contribution in [-0.2, 0) is 9.53 Å². The number of benzene rings is 2. The maximum atomic E-state index is 14.8. The highest BCUT2D eigenvalue weighted by Crippen LogP contribution is 2.28. The molecule has 4 aromatic rings. The molecule has 0 aliphatic carbocycles. The Morgan fingerprint density at radius 2 is 1.81 bits per heavy atom. The molecule has 47 heavy (non-hydrogen) atoms. The van der Waals surface area contributed by atoms with E-state index in [-0.39, 0.29) is 29.0 Å². The summed E-state index contributed by atoms with van der Waals surface area (Å²) < 4.78 is 39.4. The van der Waals surface area contributed by atoms with Crippen LogP contribution >= 0.6 is 0 Å². The number of pyridine rings is 1. The second kappa shape index (κ2) is 14.8. The van der Waals surface area contributed by atoms with Crippen molar-refractivity contribution >= 4 is 29.3 Å². The Bertz CT molecular complexity index is 1770. The van der Waals surface area contributed by atoms with Gasteiger partial charge in [-0.2, -0.15) is 0 Å². The predicted molar refractivity (Wildman–Crippen MR) is 169 cm³/mol. The number of methoxy groups -OCH3 is 1. The van der Waals surface area contributed by atoms with Crippen molar-refractivity contribution in [3.05, 3.63) is 89.8 Å². The van der Waals surface area contributed by atoms with Gasteiger partial charge in [0.1, 0.15) is 29.2 Å². The molecule has 2 aromatic carbocycles. The maximum absolute atomic E-state index is 14.8. The molecule has 0 spiro atoms. The maximum Gasteiger partial charge on any atom is 0.323 e. The number of esters is 1. The molecule has 2 atom stereocenters. The van der Waals surface area contributed by atoms with Gasteiger partial charge in [0.15, 0.2) is 0 Å². The number of nitrogens with one attached hydrogen (secondary N) is 4. The average Bonchev–Trinajstić information content (AvgIpc) is 3.69. The topological polar surface area (TPSA) is 158 Å². The Morgan fingerprint density at radius 1 is 1.02 bits per heavy atom. The van der Waals surface area contributed by atoms with Gasteiger partial charge in [-0.25, -0.2) is 13.6 Å². The van der Waals surface area contributed by atoms with E-state index in [1.807, 2.05) is 4.90 Å². The SMILES string of the molecule is COC(=O)C1CC(O)CN1CCCNC(=O)c1c[nH]c(-c2cc(Oc3ccc(NC(=O)Nc4cc(C)ccc4F)c(F)c3)ccn2)c1. The molecule has 3 heterocycles. The molecule has 2 unspecified atom stereocenters. The van der Waals surface area contributed by atoms with E-state index in [1.165, 1.54) is 37.6 Å². The number of aryl methyl sites for hydroxylation is 1. The standard InChI is InChI=1S/C33H34F2N6O6/c1-19-4-6-24(34)27(12-19)40-33(45)39-26-7-5-22(15-25(26)35)47-23-8-10-36-29(16-23)28-13-20(17-38-28)31(43)37-9-3-11-41-18-21(42)14-30(41)32(44)46-2/h4-8,10,12-13,15-17,21,30,38,42H,3,9,11,14,18H2,1-2H3,(H,37,43)(H2,39,40,45). The summed E-state index contributed by atoms with van der Waals surface area (Å²) in [5.74, 6) is -1.56. The molecule has 1 saturated heterocycles. The third-order valence-corrected chi connectivity index (χ3v) is 7.51. The summed E-state index contributed by atoms with van der Waals surface area (Å²) in [6.45, 7) is 3.00. The molecule has 246 valence electrons. The number of halogens is 2. The molecule has 2 aromatic heterocycles. The molecule has 0 bridgehead atoms. The number of rotatable bonds is 11. The summed E-state index contributed by atoms with van der Waals surface area (Å²) in [5.41, 5.74) is 2.00. The van der Waals surface area contributed by atoms with Gasteiger partial charge in [0, 0.05) is 50.6 Å². The highest BCUT2D eigenvalue weighted by Gasteiger charge is 2.36. The number of ether oxygens (including phenoxy) is 2. The predicted octanol–water partition coefficient (Wildman–Crippen LogP) is 4.83. The summed E-state index contributed by atoms with van der Waals surface area (Å²) in [4.78, 5) is 46.2. The summed E-state index contributed by atoms with van der Waals surface area (Å²) in [6.07, 6.45) is 3.36. The summed E-state index contributed by atoms with van der Waals surface area (Å²) in [7, 11) is 1.32. The number of hydrogen-bond acceptors (Lipinski definition) is 8. The van der Waals surface area contributed by atoms with Gasteiger partial charge in [-0.1, -0.05) is 6.07 Å². The molecular formula is C33H34F2N6O6. The number of nitrogens with zero attached hydrogens (tertiary/aromatic N) is 2. The van der Waals surface area contributed by atoms with Crippen LogP contribution in [0.5, 0.6) is 11.5 Å². The molecule has 14 heteroatoms. The number of aromatic nitrogens is 2. The van der Waals surface area contributed by atoms with Crippen molar-refractivity contribution in [1.29, 1.82) is 0 Å². The van der Waals surface area contributed by atoms with Crippen molar-refractivity contribution in [3.63, 3.8) is 0 Å². The lowest BCUT2D eigenvalue weighted by molar-refractivity contribution is -0.145. The average molecular weight is 649 g/mol. The molecule has 12 nitrogen and oxygen atoms in total. The van der Waals surface area contributed by atoms with E-state index in [1.54, 1.807) is 37.4 Å². The molecular weight excluding hydrogens is 614 g/mol. The zero-order valence-electron chi connectivity index (χ0n) is 25.7. The lowest BCUT2D eigenvalue weighted by Gasteiger charge is -2.21. The molecule has 5 rings (SSSR count). The fraction of sp³-hybridized carbons (Fsp3) is 0.273. The number of carbonyl (C=O) groups is 3. The van der Waals surface area contributed by atoms with Gasteiger partial charge in [0.2, 0.25) is 0 Å². The zero-order valence-corrected chi connectivity index (χ0v) is 25.7. The highest BCUT2D eigenvalue weighted by molar-refractivity contribution is 6.00. The largest absolute Gasteiger partial charge is 0.468 e. The third kappa shape index (κ3) is 8.48. The quantitative estimate of drug-likeness (QED) is 0.114. The fourth-order valence-corrected chi connectivity index (χ4v) is 5.20. The second-order valence-corrected chi connectivity index (χ2v) is 11.0. The van der Waals surface area contributed by atoms with Gasteiger partial charge < -0.3 is 35.5 Å². The number of carbonyl (C=O) groups excluding carboxylic acids is 3. The van der Waals surface area contributed by atoms with Crippen molar-refractivity contribution < 1.29 is 37.7 Å². The Morgan fingerprint density at radius 3 is 2.60 bits per heavy atom. The van der Waals surface area contributed by atoms with Crippen molar-refractivity contribution in [2.75, 3.05) is 37.4 Å². The Balaban J connectivity index is 1.13. The normalized spacial score (nSPS) is 16.0. The van der Waals surface area contributed by atoms with E-state index >= 15 is 0 Å². The van der Waals surface area contributed by atoms with Crippen LogP contribution in [0, 0.1) is 18.6 Å². The van der Waals surface area contributed by atoms with Gasteiger partial charge in [-0.3, -0.25) is 19.5 Å². The van der Waals surface area contributed by atoms with Crippen LogP contribution in [0.1, 0.15) is 28.8 Å². The first-order valence-corrected chi connectivity index (χ1v) is 14.8. The monoisotopic (exact) mass is 648 g/mol. The van der Waals surface area contributed by atoms with Crippen molar-refractivity contribution in [3.8, 4) is 22.9 Å². The van der Waals surface area contributed by atoms with Crippen LogP contribution in [0.3, 0.4) is 0 Å². The van der Waals surface area contributed by atoms with Gasteiger partial charge in [-0.05, 0) is 55.3 Å². The number of β-amino-alcohol motifs (C(OH)–C–C–N with tert-alkyl or cyclic N) is 1. The number of aliphatic hydroxyl groups excluding tert-OH is 1. The minimum Gasteiger partial charge on any atom is -0.468 e. The molecule has 1 aliphatic heterocycles. The Labute approximate surface area is 269 Å². The van der Waals surface area contributed by atoms with E-state index < -0.39 is 29.8 Å². The first kappa shape index (κ1) is 33.0. The summed E-state index contributed by atoms with van der Waals surface area (Å²) in [5, 5.41) is 17.5. The van der Waals surface area contributed by atoms with E-state index in [9.17, 15) is 28.3 Å². The lowest BCUT2D eigenvalue weighted by atomic mass is 10.2. The lowest BCUT2D eigenvalue weighted by Crippen LogP contribution is -2.38. The molecule has 1 aliphatic rings. The number of likely N-dealkylation sites (tertiary alicyclic amines) is 1. The number of amides is 3. The number of H-pyrrole nitrogens is 1. The van der Waals surface area contributed by atoms with Gasteiger partial charge in [0.25, 0.3) is 5.91 Å². The first-order chi connectivity index (χ1) is 22.6. The van der Waals surface area contributed by atoms with Crippen molar-refractivity contribution in [2.24, 2.45) is 0 Å². The smallest absolute Gasteiger partial charge is 0.323 e. The van der Waals surface area contributed by atoms with Crippen LogP contribution in [-0.4, -0.2) is 76.8 Å². The summed E-state index contributed by atoms with van der Waals surface area (Å²) in [6, 6.07) is 11.7. The summed E-state index contributed by atoms with van der Waals surface area (Å²) >= 11 is 0. The number of aromatic amines is 1. The van der Waals surface area contributed by atoms with E-state index in [2.05, 4.69) is 25.9 Å². The Hall–Kier alpha value is -5.34. The van der Waals surface area contributed by atoms with Gasteiger partial charge in [-0.15, -0.1) is 0 Å². The van der Waals surface area contributed by atoms with Gasteiger partial charge in [0.05, 0.1) is 41.5 Å². The number of hydrogen-bond donors (Lipinski definition) is 5. The molecule has 5 N–H and O–H groups in total. The van der Waals surface area contributed by atoms with Crippen LogP contribution < -0.4 is 20.7 Å². The molecule has 0 radical (unpaired) electrons. The van der Waals surface area contributed by atoms with Crippen LogP contribution in [0.15, 0.2) is 67.0 Å². The minimum absolute atomic E-state index is 0.0299. The van der Waals surface area contributed by atoms with E-state index in [4.69, 9.17) is 9.47 Å². The third-order valence-electron chi connectivity index (χ3n) is 7.51. The number of aliphatic hydroxyl groups is 1. The van der Waals surface area contributed by atoms with Crippen LogP contribution in [0.2, 0.25) is 0 Å². The second-order valence-electron chi connectivity index (χ2n) is 11.0. The minimum atomic E-state index is -0.809. The fourth-order valence-electron chi connectivity index (χ4n) is 5.20. The van der Waals surface area contributed by atoms with Crippen LogP contribution in [0.25, 0.3) is 11.4 Å². The molecule has 0 saturated carbocycles. The highest BCUT2D eigenvalue weighted by atomic mass is 19.1. The van der Waals surface area contributed by atoms with Crippen molar-refractivity contribution in [2.45, 2.75) is 31.9 Å². The Kier molecular flexibility index (Phi) is 10.4. The van der Waals surface area contributed by atoms with E-state index in [0.29, 0.717) is 55.2 Å². The molecule has 3 amide bonds.